The van der Waals surface area contributed by atoms with Crippen LogP contribution in [0, 0.1) is 17.2 Å². The SMILES string of the molecule is N#Cc1ccc(N2CC3CCC2C3)cc1N. The van der Waals surface area contributed by atoms with E-state index in [0.717, 1.165) is 12.5 Å². The quantitative estimate of drug-likeness (QED) is 0.727. The lowest BCUT2D eigenvalue weighted by atomic mass is 10.1. The summed E-state index contributed by atoms with van der Waals surface area (Å²) in [7, 11) is 0. The van der Waals surface area contributed by atoms with Crippen molar-refractivity contribution >= 4 is 11.4 Å². The minimum Gasteiger partial charge on any atom is -0.398 e. The highest BCUT2D eigenvalue weighted by atomic mass is 15.2. The minimum atomic E-state index is 0.577. The number of nitrogens with two attached hydrogens (primary N) is 1. The average Bonchev–Trinajstić information content (AvgIpc) is 2.90. The van der Waals surface area contributed by atoms with Gasteiger partial charge >= 0.3 is 0 Å². The number of benzene rings is 1. The molecule has 2 bridgehead atoms. The first-order chi connectivity index (χ1) is 7.78. The van der Waals surface area contributed by atoms with Gasteiger partial charge < -0.3 is 10.6 Å². The first kappa shape index (κ1) is 9.53. The zero-order chi connectivity index (χ0) is 11.1. The van der Waals surface area contributed by atoms with Crippen LogP contribution in [0.15, 0.2) is 18.2 Å². The van der Waals surface area contributed by atoms with E-state index in [2.05, 4.69) is 11.0 Å². The Morgan fingerprint density at radius 3 is 2.81 bits per heavy atom. The molecule has 1 saturated carbocycles. The molecule has 2 aliphatic rings. The number of nitriles is 1. The predicted octanol–water partition coefficient (Wildman–Crippen LogP) is 2.13. The summed E-state index contributed by atoms with van der Waals surface area (Å²) in [6.45, 7) is 1.16. The molecule has 2 N–H and O–H groups in total. The molecule has 0 radical (unpaired) electrons. The second-order valence-electron chi connectivity index (χ2n) is 4.87. The normalized spacial score (nSPS) is 27.1. The van der Waals surface area contributed by atoms with E-state index >= 15 is 0 Å². The molecular formula is C13H15N3. The van der Waals surface area contributed by atoms with Crippen LogP contribution in [0.5, 0.6) is 0 Å². The van der Waals surface area contributed by atoms with E-state index < -0.39 is 0 Å². The highest BCUT2D eigenvalue weighted by Gasteiger charge is 2.37. The van der Waals surface area contributed by atoms with E-state index in [9.17, 15) is 0 Å². The summed E-state index contributed by atoms with van der Waals surface area (Å²) in [5.41, 5.74) is 8.21. The fourth-order valence-electron chi connectivity index (χ4n) is 3.07. The Morgan fingerprint density at radius 1 is 1.38 bits per heavy atom. The third-order valence-corrected chi connectivity index (χ3v) is 3.90. The van der Waals surface area contributed by atoms with Crippen molar-refractivity contribution in [3.63, 3.8) is 0 Å². The topological polar surface area (TPSA) is 53.0 Å². The van der Waals surface area contributed by atoms with Crippen molar-refractivity contribution in [2.75, 3.05) is 17.2 Å². The van der Waals surface area contributed by atoms with Crippen LogP contribution in [0.2, 0.25) is 0 Å². The molecular weight excluding hydrogens is 198 g/mol. The summed E-state index contributed by atoms with van der Waals surface area (Å²) in [6.07, 6.45) is 4.03. The van der Waals surface area contributed by atoms with Gasteiger partial charge in [-0.1, -0.05) is 0 Å². The zero-order valence-corrected chi connectivity index (χ0v) is 9.19. The van der Waals surface area contributed by atoms with Crippen LogP contribution in [-0.2, 0) is 0 Å². The van der Waals surface area contributed by atoms with Crippen molar-refractivity contribution in [3.8, 4) is 6.07 Å². The van der Waals surface area contributed by atoms with E-state index in [0.29, 0.717) is 17.3 Å². The molecule has 16 heavy (non-hydrogen) atoms. The molecule has 1 saturated heterocycles. The summed E-state index contributed by atoms with van der Waals surface area (Å²) in [5, 5.41) is 8.84. The molecule has 0 spiro atoms. The molecule has 2 unspecified atom stereocenters. The number of nitrogens with zero attached hydrogens (tertiary/aromatic N) is 2. The van der Waals surface area contributed by atoms with E-state index in [1.54, 1.807) is 0 Å². The van der Waals surface area contributed by atoms with Gasteiger partial charge in [-0.2, -0.15) is 5.26 Å². The van der Waals surface area contributed by atoms with Crippen molar-refractivity contribution in [2.24, 2.45) is 5.92 Å². The van der Waals surface area contributed by atoms with Crippen molar-refractivity contribution in [2.45, 2.75) is 25.3 Å². The summed E-state index contributed by atoms with van der Waals surface area (Å²) < 4.78 is 0. The van der Waals surface area contributed by atoms with Crippen LogP contribution in [0.1, 0.15) is 24.8 Å². The number of fused-ring (bicyclic) bond motifs is 2. The van der Waals surface area contributed by atoms with Crippen molar-refractivity contribution in [1.29, 1.82) is 5.26 Å². The van der Waals surface area contributed by atoms with Crippen LogP contribution in [0.3, 0.4) is 0 Å². The van der Waals surface area contributed by atoms with E-state index in [1.165, 1.54) is 24.9 Å². The lowest BCUT2D eigenvalue weighted by Crippen LogP contribution is -2.31. The van der Waals surface area contributed by atoms with Crippen LogP contribution < -0.4 is 10.6 Å². The van der Waals surface area contributed by atoms with Crippen LogP contribution in [0.4, 0.5) is 11.4 Å². The third-order valence-electron chi connectivity index (χ3n) is 3.90. The van der Waals surface area contributed by atoms with Gasteiger partial charge in [0.15, 0.2) is 0 Å². The summed E-state index contributed by atoms with van der Waals surface area (Å²) >= 11 is 0. The summed E-state index contributed by atoms with van der Waals surface area (Å²) in [6, 6.07) is 8.61. The Bertz CT molecular complexity index is 461. The highest BCUT2D eigenvalue weighted by molar-refractivity contribution is 5.64. The van der Waals surface area contributed by atoms with E-state index in [4.69, 9.17) is 11.0 Å². The minimum absolute atomic E-state index is 0.577. The zero-order valence-electron chi connectivity index (χ0n) is 9.19. The molecule has 0 aromatic heterocycles. The van der Waals surface area contributed by atoms with Gasteiger partial charge in [-0.15, -0.1) is 0 Å². The van der Waals surface area contributed by atoms with Crippen LogP contribution >= 0.6 is 0 Å². The molecule has 1 aliphatic heterocycles. The van der Waals surface area contributed by atoms with Crippen LogP contribution in [-0.4, -0.2) is 12.6 Å². The van der Waals surface area contributed by atoms with Crippen molar-refractivity contribution < 1.29 is 0 Å². The van der Waals surface area contributed by atoms with Gasteiger partial charge in [0.05, 0.1) is 11.3 Å². The Hall–Kier alpha value is -1.69. The Labute approximate surface area is 95.5 Å². The second kappa shape index (κ2) is 3.41. The molecule has 2 atom stereocenters. The van der Waals surface area contributed by atoms with Gasteiger partial charge in [0.2, 0.25) is 0 Å². The monoisotopic (exact) mass is 213 g/mol. The Morgan fingerprint density at radius 2 is 2.25 bits per heavy atom. The van der Waals surface area contributed by atoms with Crippen molar-refractivity contribution in [1.82, 2.24) is 0 Å². The smallest absolute Gasteiger partial charge is 0.101 e. The molecule has 0 amide bonds. The molecule has 3 rings (SSSR count). The summed E-state index contributed by atoms with van der Waals surface area (Å²) in [4.78, 5) is 2.45. The van der Waals surface area contributed by atoms with Gasteiger partial charge in [-0.3, -0.25) is 0 Å². The maximum absolute atomic E-state index is 8.84. The number of nitrogen functional groups attached to an aromatic ring is 1. The second-order valence-corrected chi connectivity index (χ2v) is 4.87. The maximum Gasteiger partial charge on any atom is 0.101 e. The predicted molar refractivity (Wildman–Crippen MR) is 64.0 cm³/mol. The highest BCUT2D eigenvalue weighted by Crippen LogP contribution is 2.40. The number of piperidine rings is 1. The lowest BCUT2D eigenvalue weighted by molar-refractivity contribution is 0.553. The molecule has 82 valence electrons. The van der Waals surface area contributed by atoms with Crippen LogP contribution in [0.25, 0.3) is 0 Å². The molecule has 1 aliphatic carbocycles. The lowest BCUT2D eigenvalue weighted by Gasteiger charge is -2.29. The molecule has 3 heteroatoms. The first-order valence-electron chi connectivity index (χ1n) is 5.84. The van der Waals surface area contributed by atoms with E-state index in [1.807, 2.05) is 18.2 Å². The third kappa shape index (κ3) is 1.34. The van der Waals surface area contributed by atoms with Gasteiger partial charge in [0.25, 0.3) is 0 Å². The first-order valence-corrected chi connectivity index (χ1v) is 5.84. The number of hydrogen-bond acceptors (Lipinski definition) is 3. The molecule has 1 heterocycles. The number of rotatable bonds is 1. The standard InChI is InChI=1S/C13H15N3/c14-7-10-2-4-12(6-13(10)15)16-8-9-1-3-11(16)5-9/h2,4,6,9,11H,1,3,5,8,15H2. The Balaban J connectivity index is 1.91. The molecule has 2 fully saturated rings. The largest absolute Gasteiger partial charge is 0.398 e. The van der Waals surface area contributed by atoms with Crippen molar-refractivity contribution in [3.05, 3.63) is 23.8 Å². The molecule has 1 aromatic carbocycles. The average molecular weight is 213 g/mol. The van der Waals surface area contributed by atoms with Gasteiger partial charge in [0.1, 0.15) is 6.07 Å². The van der Waals surface area contributed by atoms with Gasteiger partial charge in [-0.25, -0.2) is 0 Å². The molecule has 3 nitrogen and oxygen atoms in total. The fourth-order valence-corrected chi connectivity index (χ4v) is 3.07. The summed E-state index contributed by atoms with van der Waals surface area (Å²) in [5.74, 6) is 0.877. The van der Waals surface area contributed by atoms with Gasteiger partial charge in [0, 0.05) is 18.3 Å². The number of hydrogen-bond donors (Lipinski definition) is 1. The molecule has 1 aromatic rings. The number of anilines is 2. The Kier molecular flexibility index (Phi) is 2.03. The fraction of sp³-hybridized carbons (Fsp3) is 0.462. The maximum atomic E-state index is 8.84. The van der Waals surface area contributed by atoms with E-state index in [-0.39, 0.29) is 0 Å². The van der Waals surface area contributed by atoms with Gasteiger partial charge in [-0.05, 0) is 43.4 Å².